The van der Waals surface area contributed by atoms with E-state index in [4.69, 9.17) is 36.3 Å². The molecule has 2 N–H and O–H groups in total. The monoisotopic (exact) mass is 653 g/mol. The molecule has 0 radical (unpaired) electrons. The molecular weight excluding hydrogens is 626 g/mol. The van der Waals surface area contributed by atoms with Crippen molar-refractivity contribution in [1.29, 1.82) is 0 Å². The summed E-state index contributed by atoms with van der Waals surface area (Å²) in [5.41, 5.74) is 5.26. The van der Waals surface area contributed by atoms with E-state index in [0.29, 0.717) is 5.56 Å². The van der Waals surface area contributed by atoms with Crippen LogP contribution < -0.4 is 5.73 Å². The number of hydrogen-bond acceptors (Lipinski definition) is 11. The highest BCUT2D eigenvalue weighted by Crippen LogP contribution is 2.47. The number of nitrogens with two attached hydrogens (primary N) is 1. The number of rotatable bonds is 10. The third-order valence-corrected chi connectivity index (χ3v) is 7.84. The number of benzene rings is 3. The normalized spacial score (nSPS) is 20.4. The molecule has 3 heterocycles. The fourth-order valence-corrected chi connectivity index (χ4v) is 5.67. The highest BCUT2D eigenvalue weighted by atomic mass is 35.5. The van der Waals surface area contributed by atoms with Crippen molar-refractivity contribution in [3.8, 4) is 0 Å². The smallest absolute Gasteiger partial charge is 0.338 e. The summed E-state index contributed by atoms with van der Waals surface area (Å²) in [5, 5.41) is -0.0137. The summed E-state index contributed by atoms with van der Waals surface area (Å²) in [6.45, 7) is 3.52. The summed E-state index contributed by atoms with van der Waals surface area (Å²) in [7, 11) is 0. The molecule has 0 spiro atoms. The second kappa shape index (κ2) is 13.4. The van der Waals surface area contributed by atoms with E-state index in [0.717, 1.165) is 0 Å². The number of hydrogen-bond donors (Lipinski definition) is 1. The van der Waals surface area contributed by atoms with Crippen LogP contribution in [0.1, 0.15) is 43.7 Å². The lowest BCUT2D eigenvalue weighted by molar-refractivity contribution is -0.117. The number of nitrogens with zero attached hydrogens (tertiary/aromatic N) is 4. The van der Waals surface area contributed by atoms with Gasteiger partial charge in [0.05, 0.1) is 23.0 Å². The van der Waals surface area contributed by atoms with Gasteiger partial charge in [-0.2, -0.15) is 9.97 Å². The third-order valence-electron chi connectivity index (χ3n) is 7.58. The maximum atomic E-state index is 13.8. The summed E-state index contributed by atoms with van der Waals surface area (Å²) < 4.78 is 26.1. The topological polar surface area (TPSA) is 158 Å². The maximum Gasteiger partial charge on any atom is 0.338 e. The van der Waals surface area contributed by atoms with Crippen molar-refractivity contribution < 1.29 is 33.3 Å². The number of carbonyl (C=O) groups excluding carboxylic acids is 3. The van der Waals surface area contributed by atoms with Crippen LogP contribution in [0.25, 0.3) is 11.2 Å². The van der Waals surface area contributed by atoms with Crippen molar-refractivity contribution >= 4 is 46.6 Å². The Balaban J connectivity index is 1.48. The van der Waals surface area contributed by atoms with Gasteiger partial charge in [-0.1, -0.05) is 72.3 Å². The van der Waals surface area contributed by atoms with Gasteiger partial charge in [-0.05, 0) is 36.4 Å². The minimum atomic E-state index is -1.80. The molecule has 5 aromatic rings. The predicted octanol–water partition coefficient (Wildman–Crippen LogP) is 5.21. The Morgan fingerprint density at radius 2 is 1.47 bits per heavy atom. The molecule has 0 amide bonds. The first-order valence-electron chi connectivity index (χ1n) is 14.5. The first kappa shape index (κ1) is 31.4. The lowest BCUT2D eigenvalue weighted by Gasteiger charge is -2.37. The molecule has 0 aliphatic carbocycles. The zero-order chi connectivity index (χ0) is 33.0. The molecule has 1 fully saturated rings. The third kappa shape index (κ3) is 6.28. The van der Waals surface area contributed by atoms with Gasteiger partial charge in [-0.15, -0.1) is 6.58 Å². The molecule has 4 atom stereocenters. The second-order valence-corrected chi connectivity index (χ2v) is 10.9. The largest absolute Gasteiger partial charge is 0.459 e. The van der Waals surface area contributed by atoms with Crippen molar-refractivity contribution in [3.63, 3.8) is 0 Å². The number of aromatic nitrogens is 4. The Kier molecular flexibility index (Phi) is 8.96. The zero-order valence-corrected chi connectivity index (χ0v) is 25.5. The average Bonchev–Trinajstić information content (AvgIpc) is 3.63. The highest BCUT2D eigenvalue weighted by molar-refractivity contribution is 6.33. The number of esters is 3. The van der Waals surface area contributed by atoms with Crippen molar-refractivity contribution in [3.05, 3.63) is 132 Å². The average molecular weight is 654 g/mol. The number of fused-ring (bicyclic) bond motifs is 1. The summed E-state index contributed by atoms with van der Waals surface area (Å²) in [6.07, 6.45) is -0.973. The van der Waals surface area contributed by atoms with Crippen LogP contribution in [0.5, 0.6) is 0 Å². The van der Waals surface area contributed by atoms with E-state index in [9.17, 15) is 14.4 Å². The maximum absolute atomic E-state index is 13.8. The molecule has 13 heteroatoms. The molecule has 1 saturated heterocycles. The summed E-state index contributed by atoms with van der Waals surface area (Å²) in [6, 6.07) is 24.9. The fourth-order valence-electron chi connectivity index (χ4n) is 5.45. The SMILES string of the molecule is C=CCC1(OC(=O)c2ccccc2)C(OC(=O)c2ccccc2)C(COC(=O)c2ccccc2)OC1n1cnc2c(Cl)nc(N)nc21. The van der Waals surface area contributed by atoms with Crippen molar-refractivity contribution in [2.24, 2.45) is 0 Å². The van der Waals surface area contributed by atoms with Gasteiger partial charge in [0, 0.05) is 6.42 Å². The fraction of sp³-hybridized carbons (Fsp3) is 0.176. The lowest BCUT2D eigenvalue weighted by Crippen LogP contribution is -2.52. The van der Waals surface area contributed by atoms with Gasteiger partial charge in [-0.3, -0.25) is 4.57 Å². The molecule has 2 aromatic heterocycles. The Morgan fingerprint density at radius 1 is 0.894 bits per heavy atom. The van der Waals surface area contributed by atoms with Crippen LogP contribution in [0.2, 0.25) is 5.15 Å². The molecule has 0 bridgehead atoms. The standard InChI is InChI=1S/C34H28ClN5O7/c1-2-18-34(47-31(43)23-16-10-5-11-17-23)26(46-30(42)22-14-8-4-9-15-22)24(19-44-29(41)21-12-6-3-7-13-21)45-32(34)40-20-37-25-27(35)38-33(36)39-28(25)40/h2-17,20,24,26,32H,1,18-19H2,(H2,36,38,39). The quantitative estimate of drug-likeness (QED) is 0.0912. The van der Waals surface area contributed by atoms with Gasteiger partial charge in [0.25, 0.3) is 0 Å². The molecule has 6 rings (SSSR count). The number of nitrogen functional groups attached to an aromatic ring is 1. The minimum Gasteiger partial charge on any atom is -0.459 e. The molecule has 47 heavy (non-hydrogen) atoms. The van der Waals surface area contributed by atoms with E-state index >= 15 is 0 Å². The predicted molar refractivity (Wildman–Crippen MR) is 170 cm³/mol. The van der Waals surface area contributed by atoms with E-state index in [1.165, 1.54) is 17.0 Å². The number of halogens is 1. The van der Waals surface area contributed by atoms with Crippen LogP contribution in [0.15, 0.2) is 110 Å². The lowest BCUT2D eigenvalue weighted by atomic mass is 9.89. The number of ether oxygens (including phenoxy) is 4. The van der Waals surface area contributed by atoms with Gasteiger partial charge in [-0.25, -0.2) is 19.4 Å². The van der Waals surface area contributed by atoms with E-state index in [1.54, 1.807) is 91.0 Å². The molecule has 238 valence electrons. The van der Waals surface area contributed by atoms with Crippen LogP contribution >= 0.6 is 11.6 Å². The van der Waals surface area contributed by atoms with E-state index < -0.39 is 41.9 Å². The molecule has 3 aromatic carbocycles. The van der Waals surface area contributed by atoms with E-state index in [1.807, 2.05) is 0 Å². The van der Waals surface area contributed by atoms with E-state index in [-0.39, 0.29) is 46.4 Å². The highest BCUT2D eigenvalue weighted by Gasteiger charge is 2.63. The molecule has 12 nitrogen and oxygen atoms in total. The van der Waals surface area contributed by atoms with Gasteiger partial charge >= 0.3 is 17.9 Å². The summed E-state index contributed by atoms with van der Waals surface area (Å²) in [5.74, 6) is -2.24. The van der Waals surface area contributed by atoms with Crippen LogP contribution in [0.3, 0.4) is 0 Å². The Morgan fingerprint density at radius 3 is 2.06 bits per heavy atom. The Labute approximate surface area is 273 Å². The van der Waals surface area contributed by atoms with Crippen LogP contribution in [-0.2, 0) is 18.9 Å². The number of anilines is 1. The van der Waals surface area contributed by atoms with Crippen LogP contribution in [0, 0.1) is 0 Å². The molecule has 0 saturated carbocycles. The first-order valence-corrected chi connectivity index (χ1v) is 14.9. The second-order valence-electron chi connectivity index (χ2n) is 10.6. The Bertz CT molecular complexity index is 1920. The van der Waals surface area contributed by atoms with Crippen LogP contribution in [0.4, 0.5) is 5.95 Å². The van der Waals surface area contributed by atoms with Crippen molar-refractivity contribution in [1.82, 2.24) is 19.5 Å². The zero-order valence-electron chi connectivity index (χ0n) is 24.8. The Hall–Kier alpha value is -5.59. The van der Waals surface area contributed by atoms with Crippen molar-refractivity contribution in [2.45, 2.75) is 30.5 Å². The van der Waals surface area contributed by atoms with E-state index in [2.05, 4.69) is 21.5 Å². The van der Waals surface area contributed by atoms with Crippen molar-refractivity contribution in [2.75, 3.05) is 12.3 Å². The van der Waals surface area contributed by atoms with Crippen LogP contribution in [-0.4, -0.2) is 61.8 Å². The van der Waals surface area contributed by atoms with Gasteiger partial charge in [0.2, 0.25) is 5.95 Å². The summed E-state index contributed by atoms with van der Waals surface area (Å²) in [4.78, 5) is 53.1. The number of imidazole rings is 1. The molecule has 1 aliphatic heterocycles. The van der Waals surface area contributed by atoms with Gasteiger partial charge in [0.15, 0.2) is 28.7 Å². The first-order chi connectivity index (χ1) is 22.8. The molecular formula is C34H28ClN5O7. The molecule has 1 aliphatic rings. The van der Waals surface area contributed by atoms with Gasteiger partial charge in [0.1, 0.15) is 18.2 Å². The minimum absolute atomic E-state index is 0.0137. The van der Waals surface area contributed by atoms with Gasteiger partial charge < -0.3 is 24.7 Å². The number of carbonyl (C=O) groups is 3. The summed E-state index contributed by atoms with van der Waals surface area (Å²) >= 11 is 6.34. The molecule has 4 unspecified atom stereocenters.